The van der Waals surface area contributed by atoms with Crippen molar-refractivity contribution in [3.05, 3.63) is 29.6 Å². The molecule has 0 aliphatic rings. The lowest BCUT2D eigenvalue weighted by Crippen LogP contribution is -2.36. The zero-order valence-electron chi connectivity index (χ0n) is 10.2. The number of pyridine rings is 1. The summed E-state index contributed by atoms with van der Waals surface area (Å²) in [6.45, 7) is 4.51. The van der Waals surface area contributed by atoms with Gasteiger partial charge in [0.15, 0.2) is 0 Å². The van der Waals surface area contributed by atoms with Crippen LogP contribution in [0.15, 0.2) is 18.3 Å². The average Bonchev–Trinajstić information content (AvgIpc) is 2.36. The molecule has 0 aliphatic carbocycles. The molecule has 0 saturated heterocycles. The Hall–Kier alpha value is -1.46. The van der Waals surface area contributed by atoms with Gasteiger partial charge in [-0.25, -0.2) is 0 Å². The van der Waals surface area contributed by atoms with Crippen LogP contribution >= 0.6 is 0 Å². The molecule has 94 valence electrons. The van der Waals surface area contributed by atoms with Crippen LogP contribution in [0.25, 0.3) is 0 Å². The first-order chi connectivity index (χ1) is 7.98. The molecule has 0 radical (unpaired) electrons. The third-order valence-corrected chi connectivity index (χ3v) is 2.44. The maximum absolute atomic E-state index is 11.8. The molecule has 1 aromatic heterocycles. The zero-order valence-corrected chi connectivity index (χ0v) is 10.2. The number of nitrogens with two attached hydrogens (primary N) is 1. The van der Waals surface area contributed by atoms with Crippen LogP contribution in [0, 0.1) is 5.41 Å². The second-order valence-electron chi connectivity index (χ2n) is 4.74. The number of rotatable bonds is 5. The fraction of sp³-hybridized carbons (Fsp3) is 0.500. The summed E-state index contributed by atoms with van der Waals surface area (Å²) in [4.78, 5) is 15.8. The fourth-order valence-corrected chi connectivity index (χ4v) is 1.21. The van der Waals surface area contributed by atoms with Gasteiger partial charge in [-0.3, -0.25) is 9.78 Å². The van der Waals surface area contributed by atoms with Gasteiger partial charge in [0.1, 0.15) is 0 Å². The Morgan fingerprint density at radius 1 is 1.59 bits per heavy atom. The van der Waals surface area contributed by atoms with Crippen LogP contribution in [-0.4, -0.2) is 29.1 Å². The summed E-state index contributed by atoms with van der Waals surface area (Å²) in [5.41, 5.74) is 6.35. The van der Waals surface area contributed by atoms with Gasteiger partial charge < -0.3 is 16.2 Å². The number of hydrogen-bond acceptors (Lipinski definition) is 4. The SMILES string of the molecule is CC(C)(CO)CNC(=O)c1ccnc(CN)c1. The average molecular weight is 237 g/mol. The number of amides is 1. The van der Waals surface area contributed by atoms with E-state index < -0.39 is 0 Å². The molecule has 0 saturated carbocycles. The number of carbonyl (C=O) groups is 1. The monoisotopic (exact) mass is 237 g/mol. The van der Waals surface area contributed by atoms with Gasteiger partial charge in [0.05, 0.1) is 5.69 Å². The number of aromatic nitrogens is 1. The van der Waals surface area contributed by atoms with Crippen molar-refractivity contribution in [3.63, 3.8) is 0 Å². The second-order valence-corrected chi connectivity index (χ2v) is 4.74. The van der Waals surface area contributed by atoms with Gasteiger partial charge in [-0.15, -0.1) is 0 Å². The summed E-state index contributed by atoms with van der Waals surface area (Å²) in [6, 6.07) is 3.31. The molecule has 0 unspecified atom stereocenters. The van der Waals surface area contributed by atoms with Crippen LogP contribution in [-0.2, 0) is 6.54 Å². The van der Waals surface area contributed by atoms with Crippen molar-refractivity contribution < 1.29 is 9.90 Å². The lowest BCUT2D eigenvalue weighted by Gasteiger charge is -2.21. The molecule has 0 aliphatic heterocycles. The predicted molar refractivity (Wildman–Crippen MR) is 65.3 cm³/mol. The smallest absolute Gasteiger partial charge is 0.251 e. The zero-order chi connectivity index (χ0) is 12.9. The highest BCUT2D eigenvalue weighted by Gasteiger charge is 2.18. The molecule has 0 spiro atoms. The molecule has 0 bridgehead atoms. The summed E-state index contributed by atoms with van der Waals surface area (Å²) in [5, 5.41) is 11.9. The van der Waals surface area contributed by atoms with Crippen LogP contribution < -0.4 is 11.1 Å². The lowest BCUT2D eigenvalue weighted by molar-refractivity contribution is 0.0911. The largest absolute Gasteiger partial charge is 0.396 e. The van der Waals surface area contributed by atoms with Gasteiger partial charge in [-0.05, 0) is 12.1 Å². The quantitative estimate of drug-likeness (QED) is 0.686. The third kappa shape index (κ3) is 4.13. The Kier molecular flexibility index (Phi) is 4.60. The van der Waals surface area contributed by atoms with E-state index >= 15 is 0 Å². The van der Waals surface area contributed by atoms with E-state index in [9.17, 15) is 4.79 Å². The van der Waals surface area contributed by atoms with Crippen LogP contribution in [0.1, 0.15) is 29.9 Å². The van der Waals surface area contributed by atoms with Gasteiger partial charge in [0.25, 0.3) is 5.91 Å². The van der Waals surface area contributed by atoms with Gasteiger partial charge in [-0.2, -0.15) is 0 Å². The number of nitrogens with zero attached hydrogens (tertiary/aromatic N) is 1. The van der Waals surface area contributed by atoms with Gasteiger partial charge in [-0.1, -0.05) is 13.8 Å². The number of aliphatic hydroxyl groups is 1. The Morgan fingerprint density at radius 2 is 2.29 bits per heavy atom. The molecule has 1 aromatic rings. The Morgan fingerprint density at radius 3 is 2.88 bits per heavy atom. The molecular weight excluding hydrogens is 218 g/mol. The summed E-state index contributed by atoms with van der Waals surface area (Å²) < 4.78 is 0. The fourth-order valence-electron chi connectivity index (χ4n) is 1.21. The second kappa shape index (κ2) is 5.75. The highest BCUT2D eigenvalue weighted by atomic mass is 16.3. The summed E-state index contributed by atoms with van der Waals surface area (Å²) in [7, 11) is 0. The lowest BCUT2D eigenvalue weighted by atomic mass is 9.95. The number of aliphatic hydroxyl groups excluding tert-OH is 1. The maximum atomic E-state index is 11.8. The Bertz CT molecular complexity index is 391. The third-order valence-electron chi connectivity index (χ3n) is 2.44. The molecule has 0 aromatic carbocycles. The van der Waals surface area contributed by atoms with Crippen LogP contribution in [0.3, 0.4) is 0 Å². The first-order valence-corrected chi connectivity index (χ1v) is 5.52. The van der Waals surface area contributed by atoms with E-state index in [1.165, 1.54) is 0 Å². The number of hydrogen-bond donors (Lipinski definition) is 3. The van der Waals surface area contributed by atoms with Crippen LogP contribution in [0.4, 0.5) is 0 Å². The molecule has 5 heteroatoms. The minimum Gasteiger partial charge on any atom is -0.396 e. The molecule has 0 fully saturated rings. The first kappa shape index (κ1) is 13.6. The van der Waals surface area contributed by atoms with E-state index in [1.54, 1.807) is 18.3 Å². The summed E-state index contributed by atoms with van der Waals surface area (Å²) in [5.74, 6) is -0.177. The summed E-state index contributed by atoms with van der Waals surface area (Å²) >= 11 is 0. The molecule has 4 N–H and O–H groups in total. The summed E-state index contributed by atoms with van der Waals surface area (Å²) in [6.07, 6.45) is 1.56. The molecule has 1 amide bonds. The van der Waals surface area contributed by atoms with Gasteiger partial charge in [0.2, 0.25) is 0 Å². The topological polar surface area (TPSA) is 88.2 Å². The highest BCUT2D eigenvalue weighted by molar-refractivity contribution is 5.94. The van der Waals surface area contributed by atoms with Crippen molar-refractivity contribution in [3.8, 4) is 0 Å². The van der Waals surface area contributed by atoms with E-state index in [-0.39, 0.29) is 17.9 Å². The standard InChI is InChI=1S/C12H19N3O2/c1-12(2,8-16)7-15-11(17)9-3-4-14-10(5-9)6-13/h3-5,16H,6-8,13H2,1-2H3,(H,15,17). The molecule has 1 rings (SSSR count). The van der Waals surface area contributed by atoms with Gasteiger partial charge in [0, 0.05) is 36.9 Å². The first-order valence-electron chi connectivity index (χ1n) is 5.52. The van der Waals surface area contributed by atoms with Crippen molar-refractivity contribution in [1.82, 2.24) is 10.3 Å². The molecular formula is C12H19N3O2. The maximum Gasteiger partial charge on any atom is 0.251 e. The molecule has 5 nitrogen and oxygen atoms in total. The number of carbonyl (C=O) groups excluding carboxylic acids is 1. The predicted octanol–water partition coefficient (Wildman–Crippen LogP) is 0.289. The van der Waals surface area contributed by atoms with Crippen molar-refractivity contribution >= 4 is 5.91 Å². The van der Waals surface area contributed by atoms with E-state index in [0.717, 1.165) is 0 Å². The normalized spacial score (nSPS) is 11.3. The molecule has 0 atom stereocenters. The van der Waals surface area contributed by atoms with Crippen molar-refractivity contribution in [2.45, 2.75) is 20.4 Å². The van der Waals surface area contributed by atoms with Crippen molar-refractivity contribution in [1.29, 1.82) is 0 Å². The molecule has 17 heavy (non-hydrogen) atoms. The highest BCUT2D eigenvalue weighted by Crippen LogP contribution is 2.11. The van der Waals surface area contributed by atoms with E-state index in [1.807, 2.05) is 13.8 Å². The van der Waals surface area contributed by atoms with E-state index in [4.69, 9.17) is 10.8 Å². The Balaban J connectivity index is 2.64. The van der Waals surface area contributed by atoms with Crippen molar-refractivity contribution in [2.24, 2.45) is 11.1 Å². The molecule has 1 heterocycles. The number of nitrogens with one attached hydrogen (secondary N) is 1. The van der Waals surface area contributed by atoms with Crippen LogP contribution in [0.5, 0.6) is 0 Å². The minimum atomic E-state index is -0.320. The van der Waals surface area contributed by atoms with Gasteiger partial charge >= 0.3 is 0 Å². The van der Waals surface area contributed by atoms with E-state index in [0.29, 0.717) is 24.3 Å². The minimum absolute atomic E-state index is 0.0255. The Labute approximate surface area is 101 Å². The van der Waals surface area contributed by atoms with Crippen LogP contribution in [0.2, 0.25) is 0 Å². The van der Waals surface area contributed by atoms with E-state index in [2.05, 4.69) is 10.3 Å². The van der Waals surface area contributed by atoms with Crippen molar-refractivity contribution in [2.75, 3.05) is 13.2 Å².